The molecule has 7 nitrogen and oxygen atoms in total. The fourth-order valence-electron chi connectivity index (χ4n) is 4.45. The van der Waals surface area contributed by atoms with Gasteiger partial charge >= 0.3 is 0 Å². The smallest absolute Gasteiger partial charge is 0.120 e. The van der Waals surface area contributed by atoms with Crippen molar-refractivity contribution in [2.45, 2.75) is 13.5 Å². The van der Waals surface area contributed by atoms with E-state index in [2.05, 4.69) is 43.0 Å². The highest BCUT2D eigenvalue weighted by atomic mass is 35.5. The van der Waals surface area contributed by atoms with Crippen molar-refractivity contribution in [3.05, 3.63) is 83.5 Å². The monoisotopic (exact) mass is 454 g/mol. The minimum absolute atomic E-state index is 0.550. The SMILES string of the molecule is COc1ccc2c3ccnc(C)c3n(Cc3cn(-c4ccnc5cc(Cl)ccc45)nn3)c2c1. The number of ether oxygens (including phenoxy) is 1. The van der Waals surface area contributed by atoms with Gasteiger partial charge in [0.25, 0.3) is 0 Å². The van der Waals surface area contributed by atoms with Gasteiger partial charge in [-0.1, -0.05) is 16.8 Å². The number of pyridine rings is 2. The van der Waals surface area contributed by atoms with Crippen molar-refractivity contribution < 1.29 is 4.74 Å². The van der Waals surface area contributed by atoms with E-state index in [0.717, 1.165) is 55.5 Å². The zero-order valence-corrected chi connectivity index (χ0v) is 18.8. The largest absolute Gasteiger partial charge is 0.497 e. The van der Waals surface area contributed by atoms with Crippen LogP contribution < -0.4 is 4.74 Å². The third-order valence-corrected chi connectivity index (χ3v) is 6.19. The summed E-state index contributed by atoms with van der Waals surface area (Å²) in [7, 11) is 1.68. The maximum absolute atomic E-state index is 6.14. The summed E-state index contributed by atoms with van der Waals surface area (Å²) in [6.45, 7) is 2.58. The lowest BCUT2D eigenvalue weighted by Gasteiger charge is -2.08. The summed E-state index contributed by atoms with van der Waals surface area (Å²) in [6.07, 6.45) is 5.55. The van der Waals surface area contributed by atoms with Crippen LogP contribution in [0.2, 0.25) is 5.02 Å². The van der Waals surface area contributed by atoms with E-state index in [-0.39, 0.29) is 0 Å². The molecule has 4 heterocycles. The predicted octanol–water partition coefficient (Wildman–Crippen LogP) is 5.34. The molecule has 0 N–H and O–H groups in total. The highest BCUT2D eigenvalue weighted by Gasteiger charge is 2.16. The van der Waals surface area contributed by atoms with Crippen LogP contribution in [-0.4, -0.2) is 36.6 Å². The van der Waals surface area contributed by atoms with Gasteiger partial charge in [-0.25, -0.2) is 4.68 Å². The maximum Gasteiger partial charge on any atom is 0.120 e. The van der Waals surface area contributed by atoms with Crippen molar-refractivity contribution in [3.8, 4) is 11.4 Å². The number of hydrogen-bond acceptors (Lipinski definition) is 5. The van der Waals surface area contributed by atoms with Gasteiger partial charge in [0.1, 0.15) is 11.4 Å². The van der Waals surface area contributed by atoms with Crippen molar-refractivity contribution in [1.82, 2.24) is 29.5 Å². The predicted molar refractivity (Wildman–Crippen MR) is 129 cm³/mol. The minimum Gasteiger partial charge on any atom is -0.497 e. The Bertz CT molecular complexity index is 1670. The molecule has 0 saturated heterocycles. The van der Waals surface area contributed by atoms with Gasteiger partial charge in [-0.05, 0) is 49.4 Å². The van der Waals surface area contributed by atoms with Gasteiger partial charge in [0.05, 0.1) is 47.8 Å². The molecule has 0 atom stereocenters. The van der Waals surface area contributed by atoms with Crippen LogP contribution in [0.25, 0.3) is 38.4 Å². The van der Waals surface area contributed by atoms with Crippen LogP contribution in [0, 0.1) is 6.92 Å². The van der Waals surface area contributed by atoms with Gasteiger partial charge in [-0.3, -0.25) is 9.97 Å². The number of methoxy groups -OCH3 is 1. The standard InChI is InChI=1S/C25H19ClN6O/c1-15-25-20(7-9-27-15)19-6-4-18(33-2)12-24(19)31(25)13-17-14-32(30-29-17)23-8-10-28-22-11-16(26)3-5-21(22)23/h3-12,14H,13H2,1-2H3. The Balaban J connectivity index is 1.48. The van der Waals surface area contributed by atoms with Crippen molar-refractivity contribution in [2.75, 3.05) is 7.11 Å². The minimum atomic E-state index is 0.550. The highest BCUT2D eigenvalue weighted by molar-refractivity contribution is 6.31. The highest BCUT2D eigenvalue weighted by Crippen LogP contribution is 2.33. The lowest BCUT2D eigenvalue weighted by Crippen LogP contribution is -2.02. The number of hydrogen-bond donors (Lipinski definition) is 0. The van der Waals surface area contributed by atoms with Crippen LogP contribution in [0.5, 0.6) is 5.75 Å². The lowest BCUT2D eigenvalue weighted by atomic mass is 10.1. The van der Waals surface area contributed by atoms with Crippen LogP contribution >= 0.6 is 11.6 Å². The topological polar surface area (TPSA) is 70.7 Å². The molecule has 162 valence electrons. The molecule has 6 rings (SSSR count). The Morgan fingerprint density at radius 1 is 0.939 bits per heavy atom. The molecule has 8 heteroatoms. The van der Waals surface area contributed by atoms with E-state index in [1.807, 2.05) is 49.6 Å². The molecule has 0 bridgehead atoms. The first kappa shape index (κ1) is 19.7. The molecule has 2 aromatic carbocycles. The fraction of sp³-hybridized carbons (Fsp3) is 0.120. The summed E-state index contributed by atoms with van der Waals surface area (Å²) in [6, 6.07) is 15.8. The first-order chi connectivity index (χ1) is 16.1. The fourth-order valence-corrected chi connectivity index (χ4v) is 4.61. The van der Waals surface area contributed by atoms with E-state index in [9.17, 15) is 0 Å². The molecule has 0 fully saturated rings. The van der Waals surface area contributed by atoms with Crippen LogP contribution in [0.15, 0.2) is 67.1 Å². The average molecular weight is 455 g/mol. The van der Waals surface area contributed by atoms with Crippen molar-refractivity contribution in [1.29, 1.82) is 0 Å². The van der Waals surface area contributed by atoms with Gasteiger partial charge in [0.15, 0.2) is 0 Å². The molecule has 0 saturated carbocycles. The quantitative estimate of drug-likeness (QED) is 0.359. The van der Waals surface area contributed by atoms with E-state index < -0.39 is 0 Å². The van der Waals surface area contributed by atoms with Gasteiger partial charge in [0, 0.05) is 39.6 Å². The second kappa shape index (κ2) is 7.56. The Morgan fingerprint density at radius 3 is 2.67 bits per heavy atom. The normalized spacial score (nSPS) is 11.6. The number of benzene rings is 2. The summed E-state index contributed by atoms with van der Waals surface area (Å²) in [4.78, 5) is 8.95. The molecule has 0 radical (unpaired) electrons. The van der Waals surface area contributed by atoms with Crippen molar-refractivity contribution in [3.63, 3.8) is 0 Å². The Labute approximate surface area is 194 Å². The molecule has 0 amide bonds. The number of aryl methyl sites for hydroxylation is 1. The zero-order valence-electron chi connectivity index (χ0n) is 18.0. The third-order valence-electron chi connectivity index (χ3n) is 5.95. The summed E-state index contributed by atoms with van der Waals surface area (Å²) in [5.74, 6) is 0.808. The van der Waals surface area contributed by atoms with E-state index in [4.69, 9.17) is 16.3 Å². The summed E-state index contributed by atoms with van der Waals surface area (Å²) in [5, 5.41) is 12.8. The summed E-state index contributed by atoms with van der Waals surface area (Å²) >= 11 is 6.14. The zero-order chi connectivity index (χ0) is 22.5. The summed E-state index contributed by atoms with van der Waals surface area (Å²) < 4.78 is 9.50. The Hall–Kier alpha value is -3.97. The molecule has 0 aliphatic carbocycles. The van der Waals surface area contributed by atoms with Crippen LogP contribution in [0.4, 0.5) is 0 Å². The van der Waals surface area contributed by atoms with Crippen molar-refractivity contribution in [2.24, 2.45) is 0 Å². The first-order valence-electron chi connectivity index (χ1n) is 10.5. The molecular formula is C25H19ClN6O. The summed E-state index contributed by atoms with van der Waals surface area (Å²) in [5.41, 5.74) is 5.66. The second-order valence-electron chi connectivity index (χ2n) is 7.91. The van der Waals surface area contributed by atoms with E-state index in [1.165, 1.54) is 0 Å². The number of fused-ring (bicyclic) bond motifs is 4. The molecule has 6 aromatic rings. The number of rotatable bonds is 4. The average Bonchev–Trinajstić information content (AvgIpc) is 3.42. The number of aromatic nitrogens is 6. The lowest BCUT2D eigenvalue weighted by molar-refractivity contribution is 0.415. The molecular weight excluding hydrogens is 436 g/mol. The van der Waals surface area contributed by atoms with Crippen molar-refractivity contribution >= 4 is 44.3 Å². The van der Waals surface area contributed by atoms with E-state index in [0.29, 0.717) is 11.6 Å². The number of nitrogens with zero attached hydrogens (tertiary/aromatic N) is 6. The van der Waals surface area contributed by atoms with Gasteiger partial charge in [-0.15, -0.1) is 5.10 Å². The Morgan fingerprint density at radius 2 is 1.79 bits per heavy atom. The van der Waals surface area contributed by atoms with Gasteiger partial charge < -0.3 is 9.30 Å². The second-order valence-corrected chi connectivity index (χ2v) is 8.34. The molecule has 0 aliphatic heterocycles. The van der Waals surface area contributed by atoms with Gasteiger partial charge in [-0.2, -0.15) is 0 Å². The molecule has 0 aliphatic rings. The first-order valence-corrected chi connectivity index (χ1v) is 10.9. The van der Waals surface area contributed by atoms with Gasteiger partial charge in [0.2, 0.25) is 0 Å². The van der Waals surface area contributed by atoms with E-state index in [1.54, 1.807) is 18.0 Å². The van der Waals surface area contributed by atoms with Crippen LogP contribution in [-0.2, 0) is 6.54 Å². The van der Waals surface area contributed by atoms with Crippen LogP contribution in [0.1, 0.15) is 11.4 Å². The molecule has 0 spiro atoms. The van der Waals surface area contributed by atoms with E-state index >= 15 is 0 Å². The number of halogens is 1. The molecule has 33 heavy (non-hydrogen) atoms. The maximum atomic E-state index is 6.14. The molecule has 0 unspecified atom stereocenters. The van der Waals surface area contributed by atoms with Crippen LogP contribution in [0.3, 0.4) is 0 Å². The third kappa shape index (κ3) is 3.20. The molecule has 4 aromatic heterocycles. The Kier molecular flexibility index (Phi) is 4.52.